The number of aliphatic hydroxyl groups excluding tert-OH is 3. The molecule has 1 saturated heterocycles. The summed E-state index contributed by atoms with van der Waals surface area (Å²) < 4.78 is 5.24. The van der Waals surface area contributed by atoms with E-state index in [0.29, 0.717) is 0 Å². The Morgan fingerprint density at radius 2 is 1.76 bits per heavy atom. The van der Waals surface area contributed by atoms with Gasteiger partial charge >= 0.3 is 0 Å². The minimum atomic E-state index is -1.19. The van der Waals surface area contributed by atoms with Crippen LogP contribution >= 0.6 is 0 Å². The molecule has 1 aliphatic heterocycles. The lowest BCUT2D eigenvalue weighted by molar-refractivity contribution is -0.178. The molecule has 5 heteroatoms. The first-order valence-corrected chi connectivity index (χ1v) is 5.57. The van der Waals surface area contributed by atoms with E-state index in [9.17, 15) is 15.3 Å². The van der Waals surface area contributed by atoms with Crippen LogP contribution in [0.25, 0.3) is 0 Å². The van der Waals surface area contributed by atoms with E-state index < -0.39 is 24.5 Å². The summed E-state index contributed by atoms with van der Waals surface area (Å²) in [6.07, 6.45) is -4.09. The van der Waals surface area contributed by atoms with Gasteiger partial charge in [-0.05, 0) is 19.1 Å². The van der Waals surface area contributed by atoms with E-state index in [0.717, 1.165) is 11.3 Å². The topological polar surface area (TPSA) is 82.0 Å². The predicted molar refractivity (Wildman–Crippen MR) is 62.6 cm³/mol. The van der Waals surface area contributed by atoms with Gasteiger partial charge in [-0.3, -0.25) is 0 Å². The molecule has 0 saturated carbocycles. The zero-order chi connectivity index (χ0) is 12.4. The molecular formula is C12H17NO4. The van der Waals surface area contributed by atoms with Gasteiger partial charge in [0.25, 0.3) is 0 Å². The van der Waals surface area contributed by atoms with Crippen molar-refractivity contribution < 1.29 is 20.1 Å². The Morgan fingerprint density at radius 1 is 1.12 bits per heavy atom. The molecule has 1 aromatic carbocycles. The van der Waals surface area contributed by atoms with Gasteiger partial charge < -0.3 is 25.4 Å². The molecule has 4 N–H and O–H groups in total. The number of nitrogens with one attached hydrogen (secondary N) is 1. The van der Waals surface area contributed by atoms with Gasteiger partial charge in [-0.15, -0.1) is 0 Å². The van der Waals surface area contributed by atoms with Crippen molar-refractivity contribution in [3.05, 3.63) is 29.8 Å². The molecule has 0 aromatic heterocycles. The van der Waals surface area contributed by atoms with Crippen LogP contribution < -0.4 is 5.32 Å². The molecule has 0 radical (unpaired) electrons. The Labute approximate surface area is 99.7 Å². The first-order valence-electron chi connectivity index (χ1n) is 5.57. The molecule has 2 rings (SSSR count). The van der Waals surface area contributed by atoms with E-state index >= 15 is 0 Å². The van der Waals surface area contributed by atoms with Crippen LogP contribution in [0.4, 0.5) is 5.69 Å². The Bertz CT molecular complexity index is 367. The molecule has 1 heterocycles. The molecule has 0 aliphatic carbocycles. The summed E-state index contributed by atoms with van der Waals surface area (Å²) >= 11 is 0. The van der Waals surface area contributed by atoms with Gasteiger partial charge in [0.2, 0.25) is 0 Å². The van der Waals surface area contributed by atoms with Gasteiger partial charge in [0, 0.05) is 5.69 Å². The third-order valence-electron chi connectivity index (χ3n) is 2.86. The fourth-order valence-electron chi connectivity index (χ4n) is 1.75. The van der Waals surface area contributed by atoms with Crippen molar-refractivity contribution in [3.63, 3.8) is 0 Å². The quantitative estimate of drug-likeness (QED) is 0.577. The maximum Gasteiger partial charge on any atom is 0.156 e. The van der Waals surface area contributed by atoms with Crippen LogP contribution in [0, 0.1) is 6.92 Å². The summed E-state index contributed by atoms with van der Waals surface area (Å²) in [6, 6.07) is 7.59. The lowest BCUT2D eigenvalue weighted by Crippen LogP contribution is -2.55. The highest BCUT2D eigenvalue weighted by Crippen LogP contribution is 2.18. The van der Waals surface area contributed by atoms with Gasteiger partial charge in [-0.25, -0.2) is 0 Å². The first-order chi connectivity index (χ1) is 8.08. The maximum atomic E-state index is 9.73. The second kappa shape index (κ2) is 5.01. The number of ether oxygens (including phenoxy) is 1. The Hall–Kier alpha value is -1.14. The smallest absolute Gasteiger partial charge is 0.156 e. The van der Waals surface area contributed by atoms with E-state index in [1.165, 1.54) is 0 Å². The van der Waals surface area contributed by atoms with Crippen molar-refractivity contribution in [1.29, 1.82) is 0 Å². The van der Waals surface area contributed by atoms with Crippen molar-refractivity contribution in [2.45, 2.75) is 31.5 Å². The normalized spacial score (nSPS) is 33.4. The van der Waals surface area contributed by atoms with E-state index in [4.69, 9.17) is 4.74 Å². The van der Waals surface area contributed by atoms with Crippen molar-refractivity contribution in [2.75, 3.05) is 11.9 Å². The van der Waals surface area contributed by atoms with Gasteiger partial charge in [0.15, 0.2) is 6.23 Å². The van der Waals surface area contributed by atoms with Crippen LogP contribution in [-0.2, 0) is 4.74 Å². The molecule has 0 unspecified atom stereocenters. The summed E-state index contributed by atoms with van der Waals surface area (Å²) in [7, 11) is 0. The Morgan fingerprint density at radius 3 is 2.41 bits per heavy atom. The van der Waals surface area contributed by atoms with Crippen LogP contribution in [0.15, 0.2) is 24.3 Å². The second-order valence-electron chi connectivity index (χ2n) is 4.31. The molecule has 1 aliphatic rings. The van der Waals surface area contributed by atoms with E-state index in [2.05, 4.69) is 5.32 Å². The number of hydrogen-bond donors (Lipinski definition) is 4. The maximum absolute atomic E-state index is 9.73. The first kappa shape index (κ1) is 12.3. The van der Waals surface area contributed by atoms with Gasteiger partial charge in [-0.2, -0.15) is 0 Å². The zero-order valence-electron chi connectivity index (χ0n) is 9.58. The molecule has 0 spiro atoms. The van der Waals surface area contributed by atoms with Crippen molar-refractivity contribution in [1.82, 2.24) is 0 Å². The lowest BCUT2D eigenvalue weighted by atomic mass is 10.0. The standard InChI is InChI=1S/C12H17NO4/c1-7-2-4-8(5-3-7)13-12-11(16)10(15)9(14)6-17-12/h2-5,9-16H,6H2,1H3/t9-,10-,11+,12+/m0/s1. The molecule has 17 heavy (non-hydrogen) atoms. The number of hydrogen-bond acceptors (Lipinski definition) is 5. The third-order valence-corrected chi connectivity index (χ3v) is 2.86. The van der Waals surface area contributed by atoms with E-state index in [1.807, 2.05) is 31.2 Å². The molecule has 0 bridgehead atoms. The summed E-state index contributed by atoms with van der Waals surface area (Å²) in [5.74, 6) is 0. The average molecular weight is 239 g/mol. The number of rotatable bonds is 2. The highest BCUT2D eigenvalue weighted by atomic mass is 16.5. The minimum Gasteiger partial charge on any atom is -0.388 e. The predicted octanol–water partition coefficient (Wildman–Crippen LogP) is -0.154. The largest absolute Gasteiger partial charge is 0.388 e. The average Bonchev–Trinajstić information content (AvgIpc) is 2.33. The second-order valence-corrected chi connectivity index (χ2v) is 4.31. The summed E-state index contributed by atoms with van der Waals surface area (Å²) in [5.41, 5.74) is 1.93. The Kier molecular flexibility index (Phi) is 3.63. The van der Waals surface area contributed by atoms with Gasteiger partial charge in [-0.1, -0.05) is 17.7 Å². The highest BCUT2D eigenvalue weighted by molar-refractivity contribution is 5.45. The fourth-order valence-corrected chi connectivity index (χ4v) is 1.75. The van der Waals surface area contributed by atoms with Crippen LogP contribution in [-0.4, -0.2) is 46.5 Å². The molecule has 0 amide bonds. The zero-order valence-corrected chi connectivity index (χ0v) is 9.58. The molecule has 5 nitrogen and oxygen atoms in total. The molecular weight excluding hydrogens is 222 g/mol. The number of aryl methyl sites for hydroxylation is 1. The molecule has 94 valence electrons. The van der Waals surface area contributed by atoms with Crippen molar-refractivity contribution >= 4 is 5.69 Å². The van der Waals surface area contributed by atoms with Crippen LogP contribution in [0.2, 0.25) is 0 Å². The van der Waals surface area contributed by atoms with Crippen molar-refractivity contribution in [3.8, 4) is 0 Å². The van der Waals surface area contributed by atoms with Crippen LogP contribution in [0.5, 0.6) is 0 Å². The van der Waals surface area contributed by atoms with Crippen LogP contribution in [0.1, 0.15) is 5.56 Å². The monoisotopic (exact) mass is 239 g/mol. The molecule has 4 atom stereocenters. The molecule has 1 aromatic rings. The lowest BCUT2D eigenvalue weighted by Gasteiger charge is -2.35. The van der Waals surface area contributed by atoms with E-state index in [-0.39, 0.29) is 6.61 Å². The molecule has 1 fully saturated rings. The summed E-state index contributed by atoms with van der Waals surface area (Å²) in [5, 5.41) is 31.5. The Balaban J connectivity index is 2.01. The highest BCUT2D eigenvalue weighted by Gasteiger charge is 2.37. The minimum absolute atomic E-state index is 0.00174. The van der Waals surface area contributed by atoms with E-state index in [1.54, 1.807) is 0 Å². The van der Waals surface area contributed by atoms with Crippen LogP contribution in [0.3, 0.4) is 0 Å². The SMILES string of the molecule is Cc1ccc(N[C@@H]2OC[C@H](O)[C@H](O)[C@H]2O)cc1. The number of benzene rings is 1. The van der Waals surface area contributed by atoms with Gasteiger partial charge in [0.1, 0.15) is 18.3 Å². The fraction of sp³-hybridized carbons (Fsp3) is 0.500. The summed E-state index contributed by atoms with van der Waals surface area (Å²) in [6.45, 7) is 1.98. The number of anilines is 1. The third kappa shape index (κ3) is 2.76. The van der Waals surface area contributed by atoms with Crippen molar-refractivity contribution in [2.24, 2.45) is 0 Å². The number of aliphatic hydroxyl groups is 3. The van der Waals surface area contributed by atoms with Gasteiger partial charge in [0.05, 0.1) is 6.61 Å². The summed E-state index contributed by atoms with van der Waals surface area (Å²) in [4.78, 5) is 0.